The van der Waals surface area contributed by atoms with Crippen LogP contribution in [-0.4, -0.2) is 5.91 Å². The molecule has 0 aliphatic carbocycles. The number of aryl methyl sites for hydroxylation is 1. The van der Waals surface area contributed by atoms with Gasteiger partial charge in [0.15, 0.2) is 0 Å². The fourth-order valence-electron chi connectivity index (χ4n) is 2.18. The van der Waals surface area contributed by atoms with Gasteiger partial charge in [-0.15, -0.1) is 11.6 Å². The van der Waals surface area contributed by atoms with E-state index in [1.807, 2.05) is 50.2 Å². The highest BCUT2D eigenvalue weighted by Crippen LogP contribution is 2.17. The van der Waals surface area contributed by atoms with Gasteiger partial charge in [0, 0.05) is 11.4 Å². The Balaban J connectivity index is 2.09. The Morgan fingerprint density at radius 2 is 1.80 bits per heavy atom. The lowest BCUT2D eigenvalue weighted by molar-refractivity contribution is 0.0940. The largest absolute Gasteiger partial charge is 0.346 e. The normalized spacial score (nSPS) is 11.9. The SMILES string of the molecule is Cc1ccccc1[C@@H](C)NC(=O)c1ccc(CCl)cc1. The molecule has 0 bridgehead atoms. The van der Waals surface area contributed by atoms with Crippen molar-refractivity contribution in [2.75, 3.05) is 0 Å². The van der Waals surface area contributed by atoms with E-state index in [2.05, 4.69) is 5.32 Å². The molecule has 1 amide bonds. The van der Waals surface area contributed by atoms with Crippen LogP contribution in [0.4, 0.5) is 0 Å². The number of amides is 1. The summed E-state index contributed by atoms with van der Waals surface area (Å²) in [5, 5.41) is 3.02. The molecule has 0 unspecified atom stereocenters. The minimum Gasteiger partial charge on any atom is -0.346 e. The average Bonchev–Trinajstić information content (AvgIpc) is 2.47. The van der Waals surface area contributed by atoms with Crippen molar-refractivity contribution in [3.05, 3.63) is 70.8 Å². The van der Waals surface area contributed by atoms with E-state index in [0.29, 0.717) is 11.4 Å². The molecule has 2 nitrogen and oxygen atoms in total. The molecule has 0 saturated carbocycles. The smallest absolute Gasteiger partial charge is 0.251 e. The van der Waals surface area contributed by atoms with E-state index in [-0.39, 0.29) is 11.9 Å². The second-order valence-corrected chi connectivity index (χ2v) is 5.15. The van der Waals surface area contributed by atoms with Crippen molar-refractivity contribution in [2.24, 2.45) is 0 Å². The Morgan fingerprint density at radius 1 is 1.15 bits per heavy atom. The van der Waals surface area contributed by atoms with Gasteiger partial charge in [-0.2, -0.15) is 0 Å². The van der Waals surface area contributed by atoms with E-state index in [9.17, 15) is 4.79 Å². The summed E-state index contributed by atoms with van der Waals surface area (Å²) in [6.45, 7) is 4.04. The zero-order chi connectivity index (χ0) is 14.5. The maximum absolute atomic E-state index is 12.2. The van der Waals surface area contributed by atoms with Crippen LogP contribution in [-0.2, 0) is 5.88 Å². The number of nitrogens with one attached hydrogen (secondary N) is 1. The van der Waals surface area contributed by atoms with Gasteiger partial charge in [-0.1, -0.05) is 36.4 Å². The summed E-state index contributed by atoms with van der Waals surface area (Å²) in [5.41, 5.74) is 3.98. The van der Waals surface area contributed by atoms with Crippen LogP contribution in [0.25, 0.3) is 0 Å². The Bertz CT molecular complexity index is 592. The van der Waals surface area contributed by atoms with E-state index in [1.54, 1.807) is 12.1 Å². The summed E-state index contributed by atoms with van der Waals surface area (Å²) in [7, 11) is 0. The number of hydrogen-bond donors (Lipinski definition) is 1. The molecule has 20 heavy (non-hydrogen) atoms. The molecule has 0 saturated heterocycles. The van der Waals surface area contributed by atoms with Crippen LogP contribution >= 0.6 is 11.6 Å². The van der Waals surface area contributed by atoms with Gasteiger partial charge in [-0.25, -0.2) is 0 Å². The first-order valence-corrected chi connectivity index (χ1v) is 7.16. The summed E-state index contributed by atoms with van der Waals surface area (Å²) in [5.74, 6) is 0.392. The fraction of sp³-hybridized carbons (Fsp3) is 0.235. The highest BCUT2D eigenvalue weighted by atomic mass is 35.5. The van der Waals surface area contributed by atoms with Crippen molar-refractivity contribution >= 4 is 17.5 Å². The Kier molecular flexibility index (Phi) is 4.80. The molecule has 0 aliphatic heterocycles. The first kappa shape index (κ1) is 14.6. The lowest BCUT2D eigenvalue weighted by atomic mass is 10.0. The maximum Gasteiger partial charge on any atom is 0.251 e. The summed E-state index contributed by atoms with van der Waals surface area (Å²) in [6, 6.07) is 15.4. The molecule has 2 rings (SSSR count). The third-order valence-electron chi connectivity index (χ3n) is 3.37. The summed E-state index contributed by atoms with van der Waals surface area (Å²) in [6.07, 6.45) is 0. The van der Waals surface area contributed by atoms with Crippen molar-refractivity contribution in [1.82, 2.24) is 5.32 Å². The first-order chi connectivity index (χ1) is 9.61. The van der Waals surface area contributed by atoms with Gasteiger partial charge in [0.25, 0.3) is 5.91 Å². The topological polar surface area (TPSA) is 29.1 Å². The molecule has 0 radical (unpaired) electrons. The summed E-state index contributed by atoms with van der Waals surface area (Å²) >= 11 is 5.74. The van der Waals surface area contributed by atoms with Crippen molar-refractivity contribution < 1.29 is 4.79 Å². The minimum absolute atomic E-state index is 0.0172. The molecule has 2 aromatic carbocycles. The van der Waals surface area contributed by atoms with Gasteiger partial charge in [0.1, 0.15) is 0 Å². The summed E-state index contributed by atoms with van der Waals surface area (Å²) in [4.78, 5) is 12.2. The molecule has 0 aliphatic rings. The van der Waals surface area contributed by atoms with Crippen molar-refractivity contribution in [3.63, 3.8) is 0 Å². The first-order valence-electron chi connectivity index (χ1n) is 6.63. The molecule has 104 valence electrons. The average molecular weight is 288 g/mol. The molecule has 3 heteroatoms. The Hall–Kier alpha value is -1.80. The highest BCUT2D eigenvalue weighted by molar-refractivity contribution is 6.17. The van der Waals surface area contributed by atoms with Crippen LogP contribution in [0.1, 0.15) is 40.0 Å². The van der Waals surface area contributed by atoms with Gasteiger partial charge in [-0.05, 0) is 42.7 Å². The predicted molar refractivity (Wildman–Crippen MR) is 83.1 cm³/mol. The summed E-state index contributed by atoms with van der Waals surface area (Å²) < 4.78 is 0. The Morgan fingerprint density at radius 3 is 2.40 bits per heavy atom. The van der Waals surface area contributed by atoms with E-state index in [4.69, 9.17) is 11.6 Å². The van der Waals surface area contributed by atoms with Gasteiger partial charge in [0.2, 0.25) is 0 Å². The van der Waals surface area contributed by atoms with Crippen LogP contribution in [0.3, 0.4) is 0 Å². The van der Waals surface area contributed by atoms with E-state index < -0.39 is 0 Å². The fourth-order valence-corrected chi connectivity index (χ4v) is 2.35. The minimum atomic E-state index is -0.0677. The number of rotatable bonds is 4. The van der Waals surface area contributed by atoms with Gasteiger partial charge in [0.05, 0.1) is 6.04 Å². The molecule has 1 N–H and O–H groups in total. The molecule has 2 aromatic rings. The molecular weight excluding hydrogens is 270 g/mol. The van der Waals surface area contributed by atoms with Gasteiger partial charge < -0.3 is 5.32 Å². The number of carbonyl (C=O) groups is 1. The van der Waals surface area contributed by atoms with Crippen molar-refractivity contribution in [2.45, 2.75) is 25.8 Å². The van der Waals surface area contributed by atoms with Crippen LogP contribution in [0.5, 0.6) is 0 Å². The van der Waals surface area contributed by atoms with Crippen LogP contribution in [0.15, 0.2) is 48.5 Å². The molecule has 0 spiro atoms. The van der Waals surface area contributed by atoms with Crippen molar-refractivity contribution in [3.8, 4) is 0 Å². The lowest BCUT2D eigenvalue weighted by Crippen LogP contribution is -2.27. The monoisotopic (exact) mass is 287 g/mol. The number of carbonyl (C=O) groups excluding carboxylic acids is 1. The second kappa shape index (κ2) is 6.58. The second-order valence-electron chi connectivity index (χ2n) is 4.88. The number of benzene rings is 2. The van der Waals surface area contributed by atoms with Crippen LogP contribution < -0.4 is 5.32 Å². The zero-order valence-electron chi connectivity index (χ0n) is 11.7. The number of alkyl halides is 1. The Labute approximate surface area is 124 Å². The predicted octanol–water partition coefficient (Wildman–Crippen LogP) is 4.22. The number of hydrogen-bond acceptors (Lipinski definition) is 1. The molecule has 0 aromatic heterocycles. The van der Waals surface area contributed by atoms with Gasteiger partial charge >= 0.3 is 0 Å². The van der Waals surface area contributed by atoms with E-state index in [0.717, 1.165) is 11.1 Å². The molecular formula is C17H18ClNO. The third kappa shape index (κ3) is 3.40. The third-order valence-corrected chi connectivity index (χ3v) is 3.68. The lowest BCUT2D eigenvalue weighted by Gasteiger charge is -2.16. The number of halogens is 1. The molecule has 1 atom stereocenters. The van der Waals surface area contributed by atoms with Crippen molar-refractivity contribution in [1.29, 1.82) is 0 Å². The van der Waals surface area contributed by atoms with Gasteiger partial charge in [-0.3, -0.25) is 4.79 Å². The highest BCUT2D eigenvalue weighted by Gasteiger charge is 2.12. The van der Waals surface area contributed by atoms with Crippen LogP contribution in [0.2, 0.25) is 0 Å². The van der Waals surface area contributed by atoms with Crippen LogP contribution in [0, 0.1) is 6.92 Å². The quantitative estimate of drug-likeness (QED) is 0.838. The zero-order valence-corrected chi connectivity index (χ0v) is 12.4. The van der Waals surface area contributed by atoms with E-state index >= 15 is 0 Å². The molecule has 0 fully saturated rings. The molecule has 0 heterocycles. The van der Waals surface area contributed by atoms with E-state index in [1.165, 1.54) is 5.56 Å². The standard InChI is InChI=1S/C17H18ClNO/c1-12-5-3-4-6-16(12)13(2)19-17(20)15-9-7-14(11-18)8-10-15/h3-10,13H,11H2,1-2H3,(H,19,20)/t13-/m1/s1. The maximum atomic E-state index is 12.2.